The molecule has 3 N–H and O–H groups in total. The highest BCUT2D eigenvalue weighted by Crippen LogP contribution is 2.32. The van der Waals surface area contributed by atoms with E-state index in [1.807, 2.05) is 0 Å². The van der Waals surface area contributed by atoms with Crippen LogP contribution in [0.25, 0.3) is 0 Å². The van der Waals surface area contributed by atoms with E-state index in [-0.39, 0.29) is 17.1 Å². The molecule has 0 radical (unpaired) electrons. The molecular formula is C14H16F3N3O2. The first kappa shape index (κ1) is 15.1. The van der Waals surface area contributed by atoms with Crippen molar-refractivity contribution in [2.24, 2.45) is 4.99 Å². The van der Waals surface area contributed by atoms with Gasteiger partial charge in [-0.25, -0.2) is 4.99 Å². The first-order valence-corrected chi connectivity index (χ1v) is 7.00. The number of hydrogen-bond acceptors (Lipinski definition) is 5. The van der Waals surface area contributed by atoms with Crippen molar-refractivity contribution in [1.82, 2.24) is 10.6 Å². The Morgan fingerprint density at radius 3 is 2.59 bits per heavy atom. The third kappa shape index (κ3) is 2.89. The highest BCUT2D eigenvalue weighted by molar-refractivity contribution is 6.03. The van der Waals surface area contributed by atoms with Crippen LogP contribution in [0.2, 0.25) is 0 Å². The summed E-state index contributed by atoms with van der Waals surface area (Å²) in [5.74, 6) is -0.103. The lowest BCUT2D eigenvalue weighted by Gasteiger charge is -2.36. The van der Waals surface area contributed by atoms with Crippen molar-refractivity contribution in [3.8, 4) is 5.75 Å². The van der Waals surface area contributed by atoms with Crippen LogP contribution in [0, 0.1) is 0 Å². The number of amidine groups is 1. The van der Waals surface area contributed by atoms with Crippen LogP contribution in [-0.4, -0.2) is 42.2 Å². The van der Waals surface area contributed by atoms with Crippen LogP contribution < -0.4 is 15.4 Å². The molecule has 120 valence electrons. The first-order valence-electron chi connectivity index (χ1n) is 7.00. The number of piperidine rings is 1. The molecule has 1 fully saturated rings. The topological polar surface area (TPSA) is 65.9 Å². The number of nitrogens with zero attached hydrogens (tertiary/aromatic N) is 1. The SMILES string of the molecule is OC1N=C(c2ccccc2OC(F)(F)F)NC12CCNCC2. The van der Waals surface area contributed by atoms with Crippen molar-refractivity contribution in [1.29, 1.82) is 0 Å². The number of aliphatic hydroxyl groups is 1. The van der Waals surface area contributed by atoms with Gasteiger partial charge in [0, 0.05) is 0 Å². The Hall–Kier alpha value is -1.80. The zero-order valence-electron chi connectivity index (χ0n) is 11.7. The van der Waals surface area contributed by atoms with Gasteiger partial charge in [-0.15, -0.1) is 13.2 Å². The molecule has 3 rings (SSSR count). The van der Waals surface area contributed by atoms with E-state index < -0.39 is 18.1 Å². The van der Waals surface area contributed by atoms with Gasteiger partial charge in [0.25, 0.3) is 0 Å². The summed E-state index contributed by atoms with van der Waals surface area (Å²) in [5, 5.41) is 16.5. The Kier molecular flexibility index (Phi) is 3.73. The van der Waals surface area contributed by atoms with E-state index in [4.69, 9.17) is 0 Å². The van der Waals surface area contributed by atoms with Crippen LogP contribution in [0.3, 0.4) is 0 Å². The van der Waals surface area contributed by atoms with E-state index in [1.165, 1.54) is 18.2 Å². The van der Waals surface area contributed by atoms with Crippen LogP contribution in [0.5, 0.6) is 5.75 Å². The smallest absolute Gasteiger partial charge is 0.405 e. The fraction of sp³-hybridized carbons (Fsp3) is 0.500. The Balaban J connectivity index is 1.88. The van der Waals surface area contributed by atoms with Crippen LogP contribution in [0.1, 0.15) is 18.4 Å². The fourth-order valence-electron chi connectivity index (χ4n) is 2.85. The second-order valence-electron chi connectivity index (χ2n) is 5.43. The van der Waals surface area contributed by atoms with Crippen molar-refractivity contribution in [2.45, 2.75) is 31.0 Å². The van der Waals surface area contributed by atoms with Crippen LogP contribution in [-0.2, 0) is 0 Å². The van der Waals surface area contributed by atoms with Gasteiger partial charge in [0.1, 0.15) is 11.6 Å². The lowest BCUT2D eigenvalue weighted by atomic mass is 9.87. The molecule has 2 aliphatic heterocycles. The zero-order valence-corrected chi connectivity index (χ0v) is 11.7. The molecule has 1 atom stereocenters. The average Bonchev–Trinajstić information content (AvgIpc) is 2.75. The number of benzene rings is 1. The van der Waals surface area contributed by atoms with E-state index in [0.717, 1.165) is 0 Å². The summed E-state index contributed by atoms with van der Waals surface area (Å²) in [6, 6.07) is 5.77. The van der Waals surface area contributed by atoms with Gasteiger partial charge in [0.05, 0.1) is 11.1 Å². The van der Waals surface area contributed by atoms with E-state index in [9.17, 15) is 18.3 Å². The van der Waals surface area contributed by atoms with E-state index >= 15 is 0 Å². The van der Waals surface area contributed by atoms with E-state index in [2.05, 4.69) is 20.4 Å². The fourth-order valence-corrected chi connectivity index (χ4v) is 2.85. The Morgan fingerprint density at radius 1 is 1.23 bits per heavy atom. The molecule has 8 heteroatoms. The molecule has 1 saturated heterocycles. The summed E-state index contributed by atoms with van der Waals surface area (Å²) in [5.41, 5.74) is -0.430. The predicted molar refractivity (Wildman–Crippen MR) is 73.6 cm³/mol. The molecule has 1 aromatic rings. The molecule has 2 aliphatic rings. The molecule has 1 unspecified atom stereocenters. The second kappa shape index (κ2) is 5.44. The zero-order chi connectivity index (χ0) is 15.8. The Morgan fingerprint density at radius 2 is 1.91 bits per heavy atom. The molecule has 1 spiro atoms. The highest BCUT2D eigenvalue weighted by atomic mass is 19.4. The minimum Gasteiger partial charge on any atom is -0.405 e. The molecular weight excluding hydrogens is 299 g/mol. The van der Waals surface area contributed by atoms with E-state index in [1.54, 1.807) is 6.07 Å². The molecule has 0 saturated carbocycles. The Labute approximate surface area is 125 Å². The number of aliphatic imine (C=N–C) groups is 1. The lowest BCUT2D eigenvalue weighted by molar-refractivity contribution is -0.274. The molecule has 0 aromatic heterocycles. The van der Waals surface area contributed by atoms with Gasteiger partial charge in [-0.3, -0.25) is 0 Å². The molecule has 2 heterocycles. The molecule has 1 aromatic carbocycles. The number of nitrogens with one attached hydrogen (secondary N) is 2. The van der Waals surface area contributed by atoms with Crippen molar-refractivity contribution >= 4 is 5.84 Å². The molecule has 0 amide bonds. The minimum atomic E-state index is -4.78. The second-order valence-corrected chi connectivity index (χ2v) is 5.43. The van der Waals surface area contributed by atoms with Gasteiger partial charge in [-0.2, -0.15) is 0 Å². The van der Waals surface area contributed by atoms with Gasteiger partial charge in [-0.1, -0.05) is 12.1 Å². The molecule has 0 aliphatic carbocycles. The monoisotopic (exact) mass is 315 g/mol. The summed E-state index contributed by atoms with van der Waals surface area (Å²) < 4.78 is 41.5. The van der Waals surface area contributed by atoms with Crippen molar-refractivity contribution in [3.05, 3.63) is 29.8 Å². The van der Waals surface area contributed by atoms with Crippen molar-refractivity contribution < 1.29 is 23.0 Å². The largest absolute Gasteiger partial charge is 0.573 e. The maximum absolute atomic E-state index is 12.5. The summed E-state index contributed by atoms with van der Waals surface area (Å²) in [6.45, 7) is 1.43. The van der Waals surface area contributed by atoms with Crippen molar-refractivity contribution in [2.75, 3.05) is 13.1 Å². The number of alkyl halides is 3. The maximum atomic E-state index is 12.5. The molecule has 22 heavy (non-hydrogen) atoms. The summed E-state index contributed by atoms with van der Waals surface area (Å²) in [4.78, 5) is 4.11. The quantitative estimate of drug-likeness (QED) is 0.771. The van der Waals surface area contributed by atoms with Gasteiger partial charge < -0.3 is 20.5 Å². The van der Waals surface area contributed by atoms with Gasteiger partial charge in [-0.05, 0) is 38.1 Å². The third-order valence-corrected chi connectivity index (χ3v) is 3.98. The number of halogens is 3. The number of ether oxygens (including phenoxy) is 1. The number of para-hydroxylation sites is 1. The standard InChI is InChI=1S/C14H16F3N3O2/c15-14(16,17)22-10-4-2-1-3-9(10)11-19-12(21)13(20-11)5-7-18-8-6-13/h1-4,12,18,21H,5-8H2,(H,19,20). The average molecular weight is 315 g/mol. The summed E-state index contributed by atoms with van der Waals surface area (Å²) in [7, 11) is 0. The van der Waals surface area contributed by atoms with Crippen LogP contribution in [0.4, 0.5) is 13.2 Å². The third-order valence-electron chi connectivity index (χ3n) is 3.98. The van der Waals surface area contributed by atoms with Gasteiger partial charge in [0.15, 0.2) is 6.23 Å². The van der Waals surface area contributed by atoms with E-state index in [0.29, 0.717) is 25.9 Å². The number of rotatable bonds is 2. The van der Waals surface area contributed by atoms with Crippen LogP contribution >= 0.6 is 0 Å². The van der Waals surface area contributed by atoms with Gasteiger partial charge >= 0.3 is 6.36 Å². The summed E-state index contributed by atoms with van der Waals surface area (Å²) in [6.07, 6.45) is -4.48. The molecule has 5 nitrogen and oxygen atoms in total. The Bertz CT molecular complexity index is 583. The normalized spacial score (nSPS) is 24.0. The first-order chi connectivity index (χ1) is 10.4. The summed E-state index contributed by atoms with van der Waals surface area (Å²) >= 11 is 0. The lowest BCUT2D eigenvalue weighted by Crippen LogP contribution is -2.56. The van der Waals surface area contributed by atoms with Gasteiger partial charge in [0.2, 0.25) is 0 Å². The maximum Gasteiger partial charge on any atom is 0.573 e. The predicted octanol–water partition coefficient (Wildman–Crippen LogP) is 1.38. The minimum absolute atomic E-state index is 0.189. The van der Waals surface area contributed by atoms with Crippen molar-refractivity contribution in [3.63, 3.8) is 0 Å². The number of hydrogen-bond donors (Lipinski definition) is 3. The molecule has 0 bridgehead atoms. The number of aliphatic hydroxyl groups excluding tert-OH is 1. The highest BCUT2D eigenvalue weighted by Gasteiger charge is 2.45. The van der Waals surface area contributed by atoms with Crippen LogP contribution in [0.15, 0.2) is 29.3 Å².